The van der Waals surface area contributed by atoms with Crippen molar-refractivity contribution in [3.63, 3.8) is 0 Å². The first-order valence-electron chi connectivity index (χ1n) is 8.10. The molecule has 25 heavy (non-hydrogen) atoms. The maximum absolute atomic E-state index is 12.9. The summed E-state index contributed by atoms with van der Waals surface area (Å²) in [5.74, 6) is 0.451. The van der Waals surface area contributed by atoms with E-state index in [1.807, 2.05) is 24.3 Å². The fourth-order valence-electron chi connectivity index (χ4n) is 3.21. The molecule has 2 aliphatic rings. The molecule has 0 unspecified atom stereocenters. The SMILES string of the molecule is Cn1ccc(NC(=O)N2CC(S(=O)(=O)N3CCc4ccccc43)C2)n1. The third-order valence-electron chi connectivity index (χ3n) is 4.66. The Bertz CT molecular complexity index is 917. The highest BCUT2D eigenvalue weighted by Gasteiger charge is 2.44. The van der Waals surface area contributed by atoms with E-state index in [0.29, 0.717) is 12.4 Å². The van der Waals surface area contributed by atoms with Gasteiger partial charge in [-0.3, -0.25) is 14.3 Å². The second-order valence-corrected chi connectivity index (χ2v) is 8.46. The van der Waals surface area contributed by atoms with E-state index >= 15 is 0 Å². The van der Waals surface area contributed by atoms with Gasteiger partial charge in [0.15, 0.2) is 5.82 Å². The number of nitrogens with zero attached hydrogens (tertiary/aromatic N) is 4. The Morgan fingerprint density at radius 2 is 2.00 bits per heavy atom. The molecule has 8 nitrogen and oxygen atoms in total. The Labute approximate surface area is 146 Å². The number of hydrogen-bond donors (Lipinski definition) is 1. The highest BCUT2D eigenvalue weighted by atomic mass is 32.2. The van der Waals surface area contributed by atoms with Crippen molar-refractivity contribution in [2.24, 2.45) is 7.05 Å². The Kier molecular flexibility index (Phi) is 3.68. The van der Waals surface area contributed by atoms with Crippen LogP contribution in [0.15, 0.2) is 36.5 Å². The highest BCUT2D eigenvalue weighted by Crippen LogP contribution is 2.33. The summed E-state index contributed by atoms with van der Waals surface area (Å²) in [7, 11) is -1.70. The molecule has 0 aliphatic carbocycles. The quantitative estimate of drug-likeness (QED) is 0.884. The molecule has 1 aromatic heterocycles. The lowest BCUT2D eigenvalue weighted by Gasteiger charge is -2.40. The van der Waals surface area contributed by atoms with Crippen LogP contribution in [0.5, 0.6) is 0 Å². The third-order valence-corrected chi connectivity index (χ3v) is 6.79. The molecule has 1 saturated heterocycles. The molecule has 4 rings (SSSR count). The lowest BCUT2D eigenvalue weighted by atomic mass is 10.2. The minimum Gasteiger partial charge on any atom is -0.322 e. The number of urea groups is 1. The average Bonchev–Trinajstić information content (AvgIpc) is 3.11. The van der Waals surface area contributed by atoms with Crippen LogP contribution in [0.1, 0.15) is 5.56 Å². The molecule has 2 aromatic rings. The Balaban J connectivity index is 1.41. The molecule has 1 fully saturated rings. The van der Waals surface area contributed by atoms with Crippen LogP contribution in [0.4, 0.5) is 16.3 Å². The smallest absolute Gasteiger partial charge is 0.322 e. The van der Waals surface area contributed by atoms with Crippen molar-refractivity contribution in [3.05, 3.63) is 42.1 Å². The highest BCUT2D eigenvalue weighted by molar-refractivity contribution is 7.93. The molecule has 2 aliphatic heterocycles. The molecule has 2 amide bonds. The van der Waals surface area contributed by atoms with E-state index in [2.05, 4.69) is 10.4 Å². The monoisotopic (exact) mass is 361 g/mol. The van der Waals surface area contributed by atoms with Crippen molar-refractivity contribution in [3.8, 4) is 0 Å². The van der Waals surface area contributed by atoms with Gasteiger partial charge in [0.25, 0.3) is 0 Å². The number of fused-ring (bicyclic) bond motifs is 1. The molecular formula is C16H19N5O3S. The lowest BCUT2D eigenvalue weighted by molar-refractivity contribution is 0.182. The van der Waals surface area contributed by atoms with E-state index in [-0.39, 0.29) is 19.1 Å². The Hall–Kier alpha value is -2.55. The van der Waals surface area contributed by atoms with Gasteiger partial charge in [-0.15, -0.1) is 0 Å². The average molecular weight is 361 g/mol. The normalized spacial score (nSPS) is 17.3. The third kappa shape index (κ3) is 2.74. The molecule has 0 saturated carbocycles. The van der Waals surface area contributed by atoms with Gasteiger partial charge in [0.1, 0.15) is 5.25 Å². The summed E-state index contributed by atoms with van der Waals surface area (Å²) in [6.07, 6.45) is 2.45. The van der Waals surface area contributed by atoms with Gasteiger partial charge >= 0.3 is 6.03 Å². The molecular weight excluding hydrogens is 342 g/mol. The van der Waals surface area contributed by atoms with Crippen LogP contribution >= 0.6 is 0 Å². The molecule has 3 heterocycles. The second kappa shape index (κ2) is 5.76. The van der Waals surface area contributed by atoms with Crippen molar-refractivity contribution in [2.75, 3.05) is 29.3 Å². The largest absolute Gasteiger partial charge is 0.323 e. The Morgan fingerprint density at radius 1 is 1.24 bits per heavy atom. The number of likely N-dealkylation sites (tertiary alicyclic amines) is 1. The van der Waals surface area contributed by atoms with Gasteiger partial charge < -0.3 is 4.90 Å². The molecule has 0 bridgehead atoms. The number of carbonyl (C=O) groups excluding carboxylic acids is 1. The first-order valence-corrected chi connectivity index (χ1v) is 9.60. The second-order valence-electron chi connectivity index (χ2n) is 6.33. The summed E-state index contributed by atoms with van der Waals surface area (Å²) >= 11 is 0. The molecule has 1 aromatic carbocycles. The minimum absolute atomic E-state index is 0.194. The standard InChI is InChI=1S/C16H19N5O3S/c1-19-8-7-15(18-19)17-16(22)20-10-13(11-20)25(23,24)21-9-6-12-4-2-3-5-14(12)21/h2-5,7-8,13H,6,9-11H2,1H3,(H,17,18,22). The summed E-state index contributed by atoms with van der Waals surface area (Å²) in [6.45, 7) is 0.859. The van der Waals surface area contributed by atoms with E-state index in [1.165, 1.54) is 9.21 Å². The number of anilines is 2. The van der Waals surface area contributed by atoms with Crippen molar-refractivity contribution in [1.82, 2.24) is 14.7 Å². The molecule has 0 atom stereocenters. The van der Waals surface area contributed by atoms with Gasteiger partial charge in [-0.05, 0) is 18.1 Å². The van der Waals surface area contributed by atoms with Crippen LogP contribution in [0.2, 0.25) is 0 Å². The van der Waals surface area contributed by atoms with Crippen molar-refractivity contribution in [1.29, 1.82) is 0 Å². The number of sulfonamides is 1. The van der Waals surface area contributed by atoms with Gasteiger partial charge in [-0.25, -0.2) is 13.2 Å². The van der Waals surface area contributed by atoms with Crippen molar-refractivity contribution in [2.45, 2.75) is 11.7 Å². The maximum atomic E-state index is 12.9. The predicted molar refractivity (Wildman–Crippen MR) is 94.0 cm³/mol. The number of benzene rings is 1. The van der Waals surface area contributed by atoms with Crippen LogP contribution in [-0.2, 0) is 23.5 Å². The number of rotatable bonds is 3. The number of carbonyl (C=O) groups is 1. The van der Waals surface area contributed by atoms with Gasteiger partial charge in [-0.2, -0.15) is 5.10 Å². The molecule has 0 radical (unpaired) electrons. The lowest BCUT2D eigenvalue weighted by Crippen LogP contribution is -2.60. The Morgan fingerprint density at radius 3 is 2.72 bits per heavy atom. The predicted octanol–water partition coefficient (Wildman–Crippen LogP) is 1.03. The summed E-state index contributed by atoms with van der Waals surface area (Å²) in [5, 5.41) is 6.19. The molecule has 1 N–H and O–H groups in total. The number of aryl methyl sites for hydroxylation is 1. The topological polar surface area (TPSA) is 87.5 Å². The minimum atomic E-state index is -3.46. The van der Waals surface area contributed by atoms with Crippen LogP contribution < -0.4 is 9.62 Å². The van der Waals surface area contributed by atoms with Gasteiger partial charge in [0.05, 0.1) is 5.69 Å². The zero-order chi connectivity index (χ0) is 17.6. The van der Waals surface area contributed by atoms with Crippen LogP contribution in [0, 0.1) is 0 Å². The van der Waals surface area contributed by atoms with E-state index in [0.717, 1.165) is 17.7 Å². The first-order chi connectivity index (χ1) is 11.9. The first kappa shape index (κ1) is 15.9. The fourth-order valence-corrected chi connectivity index (χ4v) is 5.11. The summed E-state index contributed by atoms with van der Waals surface area (Å²) in [5.41, 5.74) is 1.81. The number of nitrogens with one attached hydrogen (secondary N) is 1. The zero-order valence-corrected chi connectivity index (χ0v) is 14.6. The fraction of sp³-hybridized carbons (Fsp3) is 0.375. The number of aromatic nitrogens is 2. The summed E-state index contributed by atoms with van der Waals surface area (Å²) in [4.78, 5) is 13.6. The zero-order valence-electron chi connectivity index (χ0n) is 13.8. The van der Waals surface area contributed by atoms with Gasteiger partial charge in [-0.1, -0.05) is 18.2 Å². The van der Waals surface area contributed by atoms with Crippen LogP contribution in [0.25, 0.3) is 0 Å². The number of hydrogen-bond acceptors (Lipinski definition) is 4. The van der Waals surface area contributed by atoms with E-state index in [9.17, 15) is 13.2 Å². The van der Waals surface area contributed by atoms with Crippen LogP contribution in [0.3, 0.4) is 0 Å². The van der Waals surface area contributed by atoms with E-state index in [1.54, 1.807) is 24.0 Å². The summed E-state index contributed by atoms with van der Waals surface area (Å²) in [6, 6.07) is 8.92. The number of para-hydroxylation sites is 1. The van der Waals surface area contributed by atoms with E-state index in [4.69, 9.17) is 0 Å². The van der Waals surface area contributed by atoms with Crippen LogP contribution in [-0.4, -0.2) is 54.0 Å². The van der Waals surface area contributed by atoms with Crippen molar-refractivity contribution < 1.29 is 13.2 Å². The van der Waals surface area contributed by atoms with Crippen molar-refractivity contribution >= 4 is 27.6 Å². The van der Waals surface area contributed by atoms with Gasteiger partial charge in [0.2, 0.25) is 10.0 Å². The summed E-state index contributed by atoms with van der Waals surface area (Å²) < 4.78 is 28.8. The molecule has 0 spiro atoms. The maximum Gasteiger partial charge on any atom is 0.323 e. The van der Waals surface area contributed by atoms with E-state index < -0.39 is 15.3 Å². The van der Waals surface area contributed by atoms with Gasteiger partial charge in [0, 0.05) is 38.9 Å². The molecule has 9 heteroatoms. The number of amides is 2. The molecule has 132 valence electrons.